The SMILES string of the molecule is C.C=C(C)C(C)CC.CC.CC(C)C(C)C(C)C(C)C.CC(CCC(C)(C)C)CC(C)CC(C)(C)C.CC1CCC(C)CC(C(C)C)CC1.CCCCCC(CC)CC(C)C(C)C. The van der Waals surface area contributed by atoms with Crippen LogP contribution in [0.3, 0.4) is 0 Å². The molecule has 0 heterocycles. The van der Waals surface area contributed by atoms with E-state index >= 15 is 0 Å². The van der Waals surface area contributed by atoms with E-state index in [9.17, 15) is 0 Å². The Kier molecular flexibility index (Phi) is 50.8. The normalized spacial score (nSPS) is 20.0. The van der Waals surface area contributed by atoms with Crippen molar-refractivity contribution in [3.63, 3.8) is 0 Å². The third-order valence-electron chi connectivity index (χ3n) is 15.0. The Hall–Kier alpha value is -0.260. The predicted molar refractivity (Wildman–Crippen MR) is 302 cm³/mol. The molecular formula is C63H136. The van der Waals surface area contributed by atoms with Gasteiger partial charge in [0, 0.05) is 0 Å². The van der Waals surface area contributed by atoms with Crippen LogP contribution in [0.5, 0.6) is 0 Å². The minimum atomic E-state index is 0. The minimum absolute atomic E-state index is 0. The monoisotopic (exact) mass is 893 g/mol. The lowest BCUT2D eigenvalue weighted by Crippen LogP contribution is -2.18. The zero-order valence-electron chi connectivity index (χ0n) is 49.6. The summed E-state index contributed by atoms with van der Waals surface area (Å²) in [6.07, 6.45) is 22.6. The van der Waals surface area contributed by atoms with Gasteiger partial charge in [0.1, 0.15) is 0 Å². The Bertz CT molecular complexity index is 907. The third-order valence-corrected chi connectivity index (χ3v) is 15.0. The Morgan fingerprint density at radius 2 is 1.03 bits per heavy atom. The molecule has 1 aliphatic rings. The molecule has 0 aromatic rings. The van der Waals surface area contributed by atoms with Crippen molar-refractivity contribution in [1.82, 2.24) is 0 Å². The molecule has 388 valence electrons. The van der Waals surface area contributed by atoms with Crippen LogP contribution in [-0.4, -0.2) is 0 Å². The molecule has 1 saturated carbocycles. The van der Waals surface area contributed by atoms with E-state index in [0.717, 1.165) is 76.9 Å². The molecule has 0 saturated heterocycles. The molecule has 1 aliphatic carbocycles. The summed E-state index contributed by atoms with van der Waals surface area (Å²) in [4.78, 5) is 0. The van der Waals surface area contributed by atoms with Crippen LogP contribution in [0, 0.1) is 93.7 Å². The van der Waals surface area contributed by atoms with Gasteiger partial charge in [0.15, 0.2) is 0 Å². The summed E-state index contributed by atoms with van der Waals surface area (Å²) in [5.41, 5.74) is 2.28. The average Bonchev–Trinajstić information content (AvgIpc) is 3.16. The molecule has 1 fully saturated rings. The van der Waals surface area contributed by atoms with Crippen molar-refractivity contribution >= 4 is 0 Å². The highest BCUT2D eigenvalue weighted by atomic mass is 14.3. The van der Waals surface area contributed by atoms with Crippen molar-refractivity contribution in [2.75, 3.05) is 0 Å². The van der Waals surface area contributed by atoms with E-state index in [1.807, 2.05) is 13.8 Å². The van der Waals surface area contributed by atoms with Gasteiger partial charge in [0.2, 0.25) is 0 Å². The molecule has 10 atom stereocenters. The summed E-state index contributed by atoms with van der Waals surface area (Å²) in [5.74, 6) is 12.4. The van der Waals surface area contributed by atoms with Crippen molar-refractivity contribution in [3.8, 4) is 0 Å². The van der Waals surface area contributed by atoms with Crippen molar-refractivity contribution in [1.29, 1.82) is 0 Å². The summed E-state index contributed by atoms with van der Waals surface area (Å²) in [7, 11) is 0. The fourth-order valence-corrected chi connectivity index (χ4v) is 8.72. The van der Waals surface area contributed by atoms with E-state index in [0.29, 0.717) is 16.7 Å². The van der Waals surface area contributed by atoms with Gasteiger partial charge in [0.25, 0.3) is 0 Å². The number of hydrogen-bond donors (Lipinski definition) is 0. The fraction of sp³-hybridized carbons (Fsp3) is 0.968. The number of rotatable bonds is 19. The Balaban J connectivity index is -0.000000162. The average molecular weight is 894 g/mol. The number of unbranched alkanes of at least 4 members (excludes halogenated alkanes) is 2. The molecule has 0 spiro atoms. The second-order valence-electron chi connectivity index (χ2n) is 25.5. The summed E-state index contributed by atoms with van der Waals surface area (Å²) >= 11 is 0. The minimum Gasteiger partial charge on any atom is -0.0999 e. The molecule has 1 rings (SSSR count). The van der Waals surface area contributed by atoms with E-state index in [-0.39, 0.29) is 7.43 Å². The summed E-state index contributed by atoms with van der Waals surface area (Å²) in [6, 6.07) is 0. The second-order valence-corrected chi connectivity index (χ2v) is 25.5. The molecular weight excluding hydrogens is 757 g/mol. The molecule has 0 radical (unpaired) electrons. The first-order valence-corrected chi connectivity index (χ1v) is 28.0. The smallest absolute Gasteiger partial charge is 0.0240 e. The molecule has 0 nitrogen and oxygen atoms in total. The predicted octanol–water partition coefficient (Wildman–Crippen LogP) is 23.5. The van der Waals surface area contributed by atoms with Crippen molar-refractivity contribution < 1.29 is 0 Å². The van der Waals surface area contributed by atoms with Gasteiger partial charge < -0.3 is 0 Å². The van der Waals surface area contributed by atoms with Crippen LogP contribution in [0.1, 0.15) is 304 Å². The Labute approximate surface area is 408 Å². The Morgan fingerprint density at radius 3 is 1.37 bits per heavy atom. The molecule has 10 unspecified atom stereocenters. The number of allylic oxidation sites excluding steroid dienone is 1. The van der Waals surface area contributed by atoms with Gasteiger partial charge in [-0.25, -0.2) is 0 Å². The third kappa shape index (κ3) is 51.0. The maximum absolute atomic E-state index is 3.83. The largest absolute Gasteiger partial charge is 0.0999 e. The van der Waals surface area contributed by atoms with Gasteiger partial charge in [-0.2, -0.15) is 0 Å². The van der Waals surface area contributed by atoms with Crippen molar-refractivity contribution in [3.05, 3.63) is 12.2 Å². The van der Waals surface area contributed by atoms with Crippen LogP contribution in [-0.2, 0) is 0 Å². The first-order chi connectivity index (χ1) is 28.3. The fourth-order valence-electron chi connectivity index (χ4n) is 8.72. The van der Waals surface area contributed by atoms with E-state index in [1.165, 1.54) is 108 Å². The zero-order valence-corrected chi connectivity index (χ0v) is 49.6. The van der Waals surface area contributed by atoms with Gasteiger partial charge in [-0.05, 0) is 146 Å². The molecule has 63 heavy (non-hydrogen) atoms. The van der Waals surface area contributed by atoms with Crippen LogP contribution in [0.2, 0.25) is 0 Å². The Morgan fingerprint density at radius 1 is 0.571 bits per heavy atom. The lowest BCUT2D eigenvalue weighted by atomic mass is 9.77. The second kappa shape index (κ2) is 43.0. The van der Waals surface area contributed by atoms with Gasteiger partial charge in [-0.15, -0.1) is 0 Å². The van der Waals surface area contributed by atoms with E-state index < -0.39 is 0 Å². The van der Waals surface area contributed by atoms with Gasteiger partial charge in [0.05, 0.1) is 0 Å². The number of hydrogen-bond acceptors (Lipinski definition) is 0. The first-order valence-electron chi connectivity index (χ1n) is 28.0. The van der Waals surface area contributed by atoms with Crippen molar-refractivity contribution in [2.45, 2.75) is 304 Å². The standard InChI is InChI=1S/C16H34.C14H30.C13H26.C10H22.C7H14.C2H6.CH4/c1-13(9-10-15(3,4)5)11-14(2)12-16(6,7)8;1-6-8-9-10-14(7-2)11-13(5)12(3)4;1-10(2)13-8-7-11(3)5-6-12(4)9-13;1-7(2)9(5)10(6)8(3)4;1-5-7(4)6(2)3;1-2;/h13-14H,9-12H2,1-8H3;12-14H,6-11H2,1-5H3;10-13H,5-9H2,1-4H3;7-10H,1-6H3;7H,2,5H2,1,3-4H3;1-2H3;1H4. The highest BCUT2D eigenvalue weighted by molar-refractivity contribution is 4.92. The molecule has 0 aromatic heterocycles. The molecule has 0 bridgehead atoms. The summed E-state index contributed by atoms with van der Waals surface area (Å²) in [6.45, 7) is 68.6. The van der Waals surface area contributed by atoms with Crippen molar-refractivity contribution in [2.24, 2.45) is 93.7 Å². The summed E-state index contributed by atoms with van der Waals surface area (Å²) in [5, 5.41) is 0. The summed E-state index contributed by atoms with van der Waals surface area (Å²) < 4.78 is 0. The maximum Gasteiger partial charge on any atom is -0.0240 e. The highest BCUT2D eigenvalue weighted by Gasteiger charge is 2.22. The first kappa shape index (κ1) is 74.3. The maximum atomic E-state index is 3.83. The van der Waals surface area contributed by atoms with Crippen LogP contribution < -0.4 is 0 Å². The topological polar surface area (TPSA) is 0 Å². The molecule has 0 amide bonds. The van der Waals surface area contributed by atoms with Crippen LogP contribution in [0.25, 0.3) is 0 Å². The van der Waals surface area contributed by atoms with Crippen LogP contribution in [0.15, 0.2) is 12.2 Å². The van der Waals surface area contributed by atoms with Gasteiger partial charge in [-0.3, -0.25) is 0 Å². The van der Waals surface area contributed by atoms with Crippen LogP contribution >= 0.6 is 0 Å². The lowest BCUT2D eigenvalue weighted by Gasteiger charge is -2.29. The van der Waals surface area contributed by atoms with E-state index in [2.05, 4.69) is 187 Å². The van der Waals surface area contributed by atoms with E-state index in [1.54, 1.807) is 0 Å². The molecule has 0 heteroatoms. The quantitative estimate of drug-likeness (QED) is 0.0895. The van der Waals surface area contributed by atoms with Gasteiger partial charge >= 0.3 is 0 Å². The highest BCUT2D eigenvalue weighted by Crippen LogP contribution is 2.34. The lowest BCUT2D eigenvalue weighted by molar-refractivity contribution is 0.226. The van der Waals surface area contributed by atoms with E-state index in [4.69, 9.17) is 0 Å². The molecule has 0 aliphatic heterocycles. The van der Waals surface area contributed by atoms with Crippen LogP contribution in [0.4, 0.5) is 0 Å². The van der Waals surface area contributed by atoms with Gasteiger partial charge in [-0.1, -0.05) is 264 Å². The molecule has 0 aromatic carbocycles. The zero-order chi connectivity index (χ0) is 50.0. The molecule has 0 N–H and O–H groups in total.